The molecule has 0 saturated heterocycles. The molecule has 1 saturated carbocycles. The molecule has 0 aromatic carbocycles. The first-order chi connectivity index (χ1) is 6.27. The Labute approximate surface area is 83.2 Å². The van der Waals surface area contributed by atoms with Crippen molar-refractivity contribution < 1.29 is 0 Å². The van der Waals surface area contributed by atoms with Crippen LogP contribution in [0, 0.1) is 0 Å². The van der Waals surface area contributed by atoms with Crippen LogP contribution in [0.4, 0.5) is 0 Å². The molecule has 2 rings (SSSR count). The SMILES string of the molecule is CC(N)CCc1scnc1C1CC1. The fourth-order valence-corrected chi connectivity index (χ4v) is 2.38. The van der Waals surface area contributed by atoms with Crippen molar-refractivity contribution in [1.29, 1.82) is 0 Å². The Morgan fingerprint density at radius 3 is 3.08 bits per heavy atom. The monoisotopic (exact) mass is 196 g/mol. The van der Waals surface area contributed by atoms with Crippen molar-refractivity contribution >= 4 is 11.3 Å². The zero-order valence-electron chi connectivity index (χ0n) is 7.99. The fourth-order valence-electron chi connectivity index (χ4n) is 1.51. The number of hydrogen-bond donors (Lipinski definition) is 1. The number of aromatic nitrogens is 1. The average molecular weight is 196 g/mol. The minimum Gasteiger partial charge on any atom is -0.328 e. The van der Waals surface area contributed by atoms with E-state index in [1.165, 1.54) is 23.4 Å². The third-order valence-electron chi connectivity index (χ3n) is 2.46. The van der Waals surface area contributed by atoms with Gasteiger partial charge in [-0.05, 0) is 32.6 Å². The molecule has 2 N–H and O–H groups in total. The highest BCUT2D eigenvalue weighted by Gasteiger charge is 2.27. The summed E-state index contributed by atoms with van der Waals surface area (Å²) >= 11 is 1.79. The summed E-state index contributed by atoms with van der Waals surface area (Å²) in [5.74, 6) is 0.786. The van der Waals surface area contributed by atoms with Crippen LogP contribution >= 0.6 is 11.3 Å². The minimum atomic E-state index is 0.314. The molecule has 3 heteroatoms. The zero-order valence-corrected chi connectivity index (χ0v) is 8.81. The molecule has 1 unspecified atom stereocenters. The minimum absolute atomic E-state index is 0.314. The van der Waals surface area contributed by atoms with Gasteiger partial charge in [0.25, 0.3) is 0 Å². The Morgan fingerprint density at radius 1 is 1.69 bits per heavy atom. The topological polar surface area (TPSA) is 38.9 Å². The van der Waals surface area contributed by atoms with E-state index in [0.717, 1.165) is 18.8 Å². The van der Waals surface area contributed by atoms with Gasteiger partial charge < -0.3 is 5.73 Å². The van der Waals surface area contributed by atoms with Crippen LogP contribution in [-0.4, -0.2) is 11.0 Å². The first kappa shape index (κ1) is 9.16. The van der Waals surface area contributed by atoms with Gasteiger partial charge in [-0.1, -0.05) is 0 Å². The van der Waals surface area contributed by atoms with Crippen LogP contribution in [0.15, 0.2) is 5.51 Å². The molecule has 1 atom stereocenters. The quantitative estimate of drug-likeness (QED) is 0.802. The molecular weight excluding hydrogens is 180 g/mol. The maximum absolute atomic E-state index is 5.74. The molecule has 1 heterocycles. The van der Waals surface area contributed by atoms with E-state index in [9.17, 15) is 0 Å². The second kappa shape index (κ2) is 3.76. The smallest absolute Gasteiger partial charge is 0.0797 e. The van der Waals surface area contributed by atoms with Crippen molar-refractivity contribution in [2.45, 2.75) is 44.6 Å². The van der Waals surface area contributed by atoms with Crippen LogP contribution in [0.3, 0.4) is 0 Å². The predicted octanol–water partition coefficient (Wildman–Crippen LogP) is 2.30. The van der Waals surface area contributed by atoms with E-state index in [1.54, 1.807) is 11.3 Å². The molecule has 0 radical (unpaired) electrons. The number of nitrogens with zero attached hydrogens (tertiary/aromatic N) is 1. The van der Waals surface area contributed by atoms with Crippen molar-refractivity contribution in [3.8, 4) is 0 Å². The summed E-state index contributed by atoms with van der Waals surface area (Å²) in [6.45, 7) is 2.07. The van der Waals surface area contributed by atoms with Crippen LogP contribution in [0.5, 0.6) is 0 Å². The highest BCUT2D eigenvalue weighted by atomic mass is 32.1. The molecule has 0 amide bonds. The van der Waals surface area contributed by atoms with E-state index in [4.69, 9.17) is 5.73 Å². The summed E-state index contributed by atoms with van der Waals surface area (Å²) in [4.78, 5) is 5.91. The highest BCUT2D eigenvalue weighted by Crippen LogP contribution is 2.42. The summed E-state index contributed by atoms with van der Waals surface area (Å²) in [6, 6.07) is 0.314. The Bertz CT molecular complexity index is 276. The second-order valence-electron chi connectivity index (χ2n) is 3.95. The van der Waals surface area contributed by atoms with Crippen LogP contribution in [0.25, 0.3) is 0 Å². The maximum atomic E-state index is 5.74. The standard InChI is InChI=1S/C10H16N2S/c1-7(11)2-5-9-10(8-3-4-8)12-6-13-9/h6-8H,2-5,11H2,1H3. The van der Waals surface area contributed by atoms with Crippen molar-refractivity contribution in [2.24, 2.45) is 5.73 Å². The molecule has 2 nitrogen and oxygen atoms in total. The summed E-state index contributed by atoms with van der Waals surface area (Å²) in [5.41, 5.74) is 9.08. The summed E-state index contributed by atoms with van der Waals surface area (Å²) in [6.07, 6.45) is 4.89. The lowest BCUT2D eigenvalue weighted by Crippen LogP contribution is -2.15. The third-order valence-corrected chi connectivity index (χ3v) is 3.37. The van der Waals surface area contributed by atoms with Gasteiger partial charge in [0.1, 0.15) is 0 Å². The van der Waals surface area contributed by atoms with Gasteiger partial charge in [-0.25, -0.2) is 4.98 Å². The number of aryl methyl sites for hydroxylation is 1. The van der Waals surface area contributed by atoms with Gasteiger partial charge in [-0.3, -0.25) is 0 Å². The lowest BCUT2D eigenvalue weighted by Gasteiger charge is -2.03. The van der Waals surface area contributed by atoms with Gasteiger partial charge >= 0.3 is 0 Å². The highest BCUT2D eigenvalue weighted by molar-refractivity contribution is 7.09. The molecular formula is C10H16N2S. The van der Waals surface area contributed by atoms with Crippen molar-refractivity contribution in [1.82, 2.24) is 4.98 Å². The zero-order chi connectivity index (χ0) is 9.26. The van der Waals surface area contributed by atoms with Gasteiger partial charge in [0.2, 0.25) is 0 Å². The largest absolute Gasteiger partial charge is 0.328 e. The molecule has 1 aromatic rings. The number of rotatable bonds is 4. The average Bonchev–Trinajstić information content (AvgIpc) is 2.82. The van der Waals surface area contributed by atoms with Crippen LogP contribution < -0.4 is 5.73 Å². The predicted molar refractivity (Wildman–Crippen MR) is 56.1 cm³/mol. The Balaban J connectivity index is 1.98. The Hall–Kier alpha value is -0.410. The third kappa shape index (κ3) is 2.29. The van der Waals surface area contributed by atoms with Crippen molar-refractivity contribution in [3.63, 3.8) is 0 Å². The maximum Gasteiger partial charge on any atom is 0.0797 e. The Kier molecular flexibility index (Phi) is 2.65. The van der Waals surface area contributed by atoms with Crippen molar-refractivity contribution in [2.75, 3.05) is 0 Å². The number of thiazole rings is 1. The molecule has 1 fully saturated rings. The van der Waals surface area contributed by atoms with Crippen LogP contribution in [-0.2, 0) is 6.42 Å². The molecule has 13 heavy (non-hydrogen) atoms. The van der Waals surface area contributed by atoms with E-state index < -0.39 is 0 Å². The summed E-state index contributed by atoms with van der Waals surface area (Å²) in [5, 5.41) is 0. The molecule has 1 aliphatic rings. The summed E-state index contributed by atoms with van der Waals surface area (Å²) in [7, 11) is 0. The van der Waals surface area contributed by atoms with Gasteiger partial charge in [0.05, 0.1) is 11.2 Å². The number of nitrogens with two attached hydrogens (primary N) is 1. The lowest BCUT2D eigenvalue weighted by molar-refractivity contribution is 0.667. The van der Waals surface area contributed by atoms with E-state index in [2.05, 4.69) is 11.9 Å². The first-order valence-electron chi connectivity index (χ1n) is 4.95. The van der Waals surface area contributed by atoms with E-state index in [-0.39, 0.29) is 0 Å². The van der Waals surface area contributed by atoms with Gasteiger partial charge in [0, 0.05) is 16.8 Å². The van der Waals surface area contributed by atoms with Gasteiger partial charge in [-0.2, -0.15) is 0 Å². The van der Waals surface area contributed by atoms with Gasteiger partial charge in [0.15, 0.2) is 0 Å². The number of hydrogen-bond acceptors (Lipinski definition) is 3. The lowest BCUT2D eigenvalue weighted by atomic mass is 10.1. The molecule has 72 valence electrons. The second-order valence-corrected chi connectivity index (χ2v) is 4.89. The van der Waals surface area contributed by atoms with E-state index in [1.807, 2.05) is 5.51 Å². The van der Waals surface area contributed by atoms with Crippen molar-refractivity contribution in [3.05, 3.63) is 16.1 Å². The first-order valence-corrected chi connectivity index (χ1v) is 5.83. The van der Waals surface area contributed by atoms with E-state index >= 15 is 0 Å². The molecule has 1 aromatic heterocycles. The van der Waals surface area contributed by atoms with Crippen LogP contribution in [0.1, 0.15) is 42.7 Å². The molecule has 0 aliphatic heterocycles. The Morgan fingerprint density at radius 2 is 2.46 bits per heavy atom. The fraction of sp³-hybridized carbons (Fsp3) is 0.700. The summed E-state index contributed by atoms with van der Waals surface area (Å²) < 4.78 is 0. The molecule has 0 bridgehead atoms. The normalized spacial score (nSPS) is 18.9. The molecule has 0 spiro atoms. The van der Waals surface area contributed by atoms with Gasteiger partial charge in [-0.15, -0.1) is 11.3 Å². The van der Waals surface area contributed by atoms with E-state index in [0.29, 0.717) is 6.04 Å². The molecule has 1 aliphatic carbocycles. The van der Waals surface area contributed by atoms with Crippen LogP contribution in [0.2, 0.25) is 0 Å².